The maximum atomic E-state index is 5.82. The second kappa shape index (κ2) is 4.27. The highest BCUT2D eigenvalue weighted by Crippen LogP contribution is 2.29. The molecule has 0 spiro atoms. The smallest absolute Gasteiger partial charge is 0.149 e. The molecule has 3 nitrogen and oxygen atoms in total. The number of pyridine rings is 1. The molecule has 2 rings (SSSR count). The van der Waals surface area contributed by atoms with Crippen LogP contribution in [-0.4, -0.2) is 11.0 Å². The standard InChI is InChI=1S/C11H16ClN3/c1-7-2-3-9(4-7)15-11-10(13)5-8(12)6-14-11/h5-7,9H,2-4,13H2,1H3,(H,14,15). The molecule has 1 aromatic rings. The fourth-order valence-corrected chi connectivity index (χ4v) is 2.27. The minimum Gasteiger partial charge on any atom is -0.396 e. The third-order valence-corrected chi connectivity index (χ3v) is 3.13. The lowest BCUT2D eigenvalue weighted by molar-refractivity contribution is 0.602. The minimum absolute atomic E-state index is 0.510. The van der Waals surface area contributed by atoms with E-state index in [1.807, 2.05) is 0 Å². The van der Waals surface area contributed by atoms with E-state index < -0.39 is 0 Å². The maximum absolute atomic E-state index is 5.82. The fourth-order valence-electron chi connectivity index (χ4n) is 2.11. The Morgan fingerprint density at radius 2 is 2.33 bits per heavy atom. The maximum Gasteiger partial charge on any atom is 0.149 e. The van der Waals surface area contributed by atoms with E-state index in [0.29, 0.717) is 16.8 Å². The van der Waals surface area contributed by atoms with Crippen molar-refractivity contribution in [3.05, 3.63) is 17.3 Å². The van der Waals surface area contributed by atoms with Gasteiger partial charge in [0.15, 0.2) is 0 Å². The monoisotopic (exact) mass is 225 g/mol. The SMILES string of the molecule is CC1CCC(Nc2ncc(Cl)cc2N)C1. The van der Waals surface area contributed by atoms with Gasteiger partial charge in [-0.05, 0) is 31.2 Å². The average Bonchev–Trinajstić information content (AvgIpc) is 2.56. The molecular formula is C11H16ClN3. The first kappa shape index (κ1) is 10.6. The summed E-state index contributed by atoms with van der Waals surface area (Å²) in [6.07, 6.45) is 5.30. The van der Waals surface area contributed by atoms with E-state index in [1.165, 1.54) is 19.3 Å². The van der Waals surface area contributed by atoms with Crippen LogP contribution in [0.3, 0.4) is 0 Å². The van der Waals surface area contributed by atoms with Crippen molar-refractivity contribution >= 4 is 23.1 Å². The largest absolute Gasteiger partial charge is 0.396 e. The second-order valence-electron chi connectivity index (χ2n) is 4.35. The van der Waals surface area contributed by atoms with Crippen LogP contribution in [0.15, 0.2) is 12.3 Å². The number of nitrogen functional groups attached to an aromatic ring is 1. The van der Waals surface area contributed by atoms with Crippen molar-refractivity contribution < 1.29 is 0 Å². The van der Waals surface area contributed by atoms with Gasteiger partial charge in [-0.2, -0.15) is 0 Å². The van der Waals surface area contributed by atoms with Gasteiger partial charge in [0.2, 0.25) is 0 Å². The van der Waals surface area contributed by atoms with Crippen molar-refractivity contribution in [3.8, 4) is 0 Å². The molecule has 2 atom stereocenters. The third kappa shape index (κ3) is 2.53. The summed E-state index contributed by atoms with van der Waals surface area (Å²) in [5.74, 6) is 1.56. The molecule has 1 aliphatic rings. The summed E-state index contributed by atoms with van der Waals surface area (Å²) in [5.41, 5.74) is 6.45. The topological polar surface area (TPSA) is 50.9 Å². The highest BCUT2D eigenvalue weighted by atomic mass is 35.5. The highest BCUT2D eigenvalue weighted by molar-refractivity contribution is 6.30. The van der Waals surface area contributed by atoms with E-state index in [9.17, 15) is 0 Å². The zero-order chi connectivity index (χ0) is 10.8. The van der Waals surface area contributed by atoms with Crippen LogP contribution < -0.4 is 11.1 Å². The predicted molar refractivity (Wildman–Crippen MR) is 64.1 cm³/mol. The van der Waals surface area contributed by atoms with Gasteiger partial charge >= 0.3 is 0 Å². The summed E-state index contributed by atoms with van der Waals surface area (Å²) < 4.78 is 0. The van der Waals surface area contributed by atoms with Crippen LogP contribution in [0.1, 0.15) is 26.2 Å². The Hall–Kier alpha value is -0.960. The van der Waals surface area contributed by atoms with Gasteiger partial charge in [0.1, 0.15) is 5.82 Å². The summed E-state index contributed by atoms with van der Waals surface area (Å²) >= 11 is 5.79. The number of aromatic nitrogens is 1. The Labute approximate surface area is 95.0 Å². The van der Waals surface area contributed by atoms with Crippen LogP contribution in [0, 0.1) is 5.92 Å². The average molecular weight is 226 g/mol. The number of halogens is 1. The molecule has 0 aliphatic heterocycles. The van der Waals surface area contributed by atoms with Crippen molar-refractivity contribution in [2.75, 3.05) is 11.1 Å². The molecule has 0 aromatic carbocycles. The summed E-state index contributed by atoms with van der Waals surface area (Å²) in [6, 6.07) is 2.24. The number of rotatable bonds is 2. The zero-order valence-electron chi connectivity index (χ0n) is 8.83. The zero-order valence-corrected chi connectivity index (χ0v) is 9.59. The Bertz CT molecular complexity index is 354. The second-order valence-corrected chi connectivity index (χ2v) is 4.79. The third-order valence-electron chi connectivity index (χ3n) is 2.92. The van der Waals surface area contributed by atoms with Crippen LogP contribution in [0.25, 0.3) is 0 Å². The Balaban J connectivity index is 2.04. The van der Waals surface area contributed by atoms with Gasteiger partial charge in [0.25, 0.3) is 0 Å². The minimum atomic E-state index is 0.510. The van der Waals surface area contributed by atoms with Crippen molar-refractivity contribution in [1.82, 2.24) is 4.98 Å². The molecule has 4 heteroatoms. The first-order valence-corrected chi connectivity index (χ1v) is 5.70. The summed E-state index contributed by atoms with van der Waals surface area (Å²) in [6.45, 7) is 2.28. The normalized spacial score (nSPS) is 25.5. The molecule has 3 N–H and O–H groups in total. The lowest BCUT2D eigenvalue weighted by Gasteiger charge is -2.14. The molecular weight excluding hydrogens is 210 g/mol. The number of hydrogen-bond acceptors (Lipinski definition) is 3. The van der Waals surface area contributed by atoms with Crippen LogP contribution >= 0.6 is 11.6 Å². The molecule has 0 bridgehead atoms. The number of nitrogens with one attached hydrogen (secondary N) is 1. The van der Waals surface area contributed by atoms with Gasteiger partial charge in [-0.1, -0.05) is 18.5 Å². The first-order valence-electron chi connectivity index (χ1n) is 5.32. The van der Waals surface area contributed by atoms with E-state index in [1.54, 1.807) is 12.3 Å². The number of anilines is 2. The molecule has 15 heavy (non-hydrogen) atoms. The van der Waals surface area contributed by atoms with Crippen LogP contribution in [0.5, 0.6) is 0 Å². The molecule has 1 aromatic heterocycles. The van der Waals surface area contributed by atoms with E-state index >= 15 is 0 Å². The van der Waals surface area contributed by atoms with E-state index in [0.717, 1.165) is 11.7 Å². The van der Waals surface area contributed by atoms with Crippen LogP contribution in [0.4, 0.5) is 11.5 Å². The lowest BCUT2D eigenvalue weighted by atomic mass is 10.1. The van der Waals surface area contributed by atoms with Gasteiger partial charge in [-0.3, -0.25) is 0 Å². The van der Waals surface area contributed by atoms with Crippen LogP contribution in [0.2, 0.25) is 5.02 Å². The quantitative estimate of drug-likeness (QED) is 0.814. The molecule has 2 unspecified atom stereocenters. The van der Waals surface area contributed by atoms with Gasteiger partial charge < -0.3 is 11.1 Å². The summed E-state index contributed by atoms with van der Waals surface area (Å²) in [7, 11) is 0. The van der Waals surface area contributed by atoms with E-state index in [2.05, 4.69) is 17.2 Å². The van der Waals surface area contributed by atoms with Crippen molar-refractivity contribution in [2.45, 2.75) is 32.2 Å². The molecule has 0 saturated heterocycles. The Morgan fingerprint density at radius 1 is 1.53 bits per heavy atom. The predicted octanol–water partition coefficient (Wildman–Crippen LogP) is 2.92. The fraction of sp³-hybridized carbons (Fsp3) is 0.545. The molecule has 1 saturated carbocycles. The first-order chi connectivity index (χ1) is 7.15. The summed E-state index contributed by atoms with van der Waals surface area (Å²) in [4.78, 5) is 4.20. The number of nitrogens with zero attached hydrogens (tertiary/aromatic N) is 1. The van der Waals surface area contributed by atoms with Gasteiger partial charge in [-0.15, -0.1) is 0 Å². The van der Waals surface area contributed by atoms with Crippen LogP contribution in [-0.2, 0) is 0 Å². The van der Waals surface area contributed by atoms with Gasteiger partial charge in [-0.25, -0.2) is 4.98 Å². The Morgan fingerprint density at radius 3 is 2.93 bits per heavy atom. The van der Waals surface area contributed by atoms with Crippen molar-refractivity contribution in [3.63, 3.8) is 0 Å². The van der Waals surface area contributed by atoms with E-state index in [-0.39, 0.29) is 0 Å². The molecule has 1 heterocycles. The number of hydrogen-bond donors (Lipinski definition) is 2. The molecule has 1 fully saturated rings. The molecule has 0 amide bonds. The molecule has 1 aliphatic carbocycles. The molecule has 82 valence electrons. The summed E-state index contributed by atoms with van der Waals surface area (Å²) in [5, 5.41) is 3.95. The molecule has 0 radical (unpaired) electrons. The lowest BCUT2D eigenvalue weighted by Crippen LogP contribution is -2.17. The highest BCUT2D eigenvalue weighted by Gasteiger charge is 2.21. The Kier molecular flexibility index (Phi) is 3.00. The van der Waals surface area contributed by atoms with E-state index in [4.69, 9.17) is 17.3 Å². The van der Waals surface area contributed by atoms with Gasteiger partial charge in [0, 0.05) is 12.2 Å². The van der Waals surface area contributed by atoms with Crippen molar-refractivity contribution in [2.24, 2.45) is 5.92 Å². The number of nitrogens with two attached hydrogens (primary N) is 1. The van der Waals surface area contributed by atoms with Crippen molar-refractivity contribution in [1.29, 1.82) is 0 Å². The van der Waals surface area contributed by atoms with Gasteiger partial charge in [0.05, 0.1) is 10.7 Å².